The van der Waals surface area contributed by atoms with E-state index < -0.39 is 23.3 Å². The van der Waals surface area contributed by atoms with E-state index in [-0.39, 0.29) is 28.2 Å². The summed E-state index contributed by atoms with van der Waals surface area (Å²) in [5.41, 5.74) is 0.704. The molecule has 0 saturated heterocycles. The number of aromatic hydroxyl groups is 1. The molecule has 2 N–H and O–H groups in total. The van der Waals surface area contributed by atoms with Gasteiger partial charge in [-0.1, -0.05) is 43.0 Å². The molecule has 3 rings (SSSR count). The maximum atomic E-state index is 12.8. The fourth-order valence-corrected chi connectivity index (χ4v) is 2.69. The average molecular weight is 388 g/mol. The normalized spacial score (nSPS) is 10.2. The van der Waals surface area contributed by atoms with Gasteiger partial charge in [0.1, 0.15) is 22.8 Å². The molecule has 6 nitrogen and oxygen atoms in total. The van der Waals surface area contributed by atoms with E-state index >= 15 is 0 Å². The lowest BCUT2D eigenvalue weighted by Gasteiger charge is -2.11. The zero-order chi connectivity index (χ0) is 21.0. The third-order valence-corrected chi connectivity index (χ3v) is 4.15. The van der Waals surface area contributed by atoms with Gasteiger partial charge in [0.25, 0.3) is 0 Å². The van der Waals surface area contributed by atoms with Crippen molar-refractivity contribution in [3.05, 3.63) is 95.6 Å². The Labute approximate surface area is 166 Å². The average Bonchev–Trinajstić information content (AvgIpc) is 2.73. The molecular weight excluding hydrogens is 372 g/mol. The Bertz CT molecular complexity index is 1130. The molecule has 3 aromatic rings. The van der Waals surface area contributed by atoms with E-state index in [1.165, 1.54) is 24.3 Å². The topological polar surface area (TPSA) is 101 Å². The quantitative estimate of drug-likeness (QED) is 0.453. The molecule has 0 aromatic heterocycles. The van der Waals surface area contributed by atoms with E-state index in [0.717, 1.165) is 6.07 Å². The summed E-state index contributed by atoms with van der Waals surface area (Å²) in [6, 6.07) is 16.4. The van der Waals surface area contributed by atoms with Gasteiger partial charge in [-0.2, -0.15) is 0 Å². The van der Waals surface area contributed by atoms with Crippen molar-refractivity contribution in [2.75, 3.05) is 0 Å². The number of benzene rings is 3. The van der Waals surface area contributed by atoms with Crippen LogP contribution in [0.15, 0.2) is 73.3 Å². The summed E-state index contributed by atoms with van der Waals surface area (Å²) in [6.07, 6.45) is 1.57. The maximum Gasteiger partial charge on any atom is 0.339 e. The number of carboxylic acids is 1. The number of hydrogen-bond donors (Lipinski definition) is 2. The molecule has 0 unspecified atom stereocenters. The van der Waals surface area contributed by atoms with Crippen LogP contribution in [-0.2, 0) is 0 Å². The van der Waals surface area contributed by atoms with Crippen LogP contribution >= 0.6 is 0 Å². The highest BCUT2D eigenvalue weighted by molar-refractivity contribution is 6.49. The Hall–Kier alpha value is -4.19. The predicted molar refractivity (Wildman–Crippen MR) is 107 cm³/mol. The van der Waals surface area contributed by atoms with E-state index in [2.05, 4.69) is 6.58 Å². The van der Waals surface area contributed by atoms with E-state index in [1.807, 2.05) is 0 Å². The van der Waals surface area contributed by atoms with E-state index in [9.17, 15) is 19.5 Å². The van der Waals surface area contributed by atoms with Gasteiger partial charge in [-0.15, -0.1) is 0 Å². The molecule has 0 aliphatic carbocycles. The Morgan fingerprint density at radius 3 is 2.31 bits per heavy atom. The molecule has 0 aliphatic heterocycles. The van der Waals surface area contributed by atoms with Crippen molar-refractivity contribution in [2.45, 2.75) is 0 Å². The van der Waals surface area contributed by atoms with Crippen molar-refractivity contribution in [3.8, 4) is 17.2 Å². The summed E-state index contributed by atoms with van der Waals surface area (Å²) in [5, 5.41) is 18.8. The van der Waals surface area contributed by atoms with Crippen LogP contribution in [0.4, 0.5) is 0 Å². The summed E-state index contributed by atoms with van der Waals surface area (Å²) < 4.78 is 5.63. The van der Waals surface area contributed by atoms with Crippen LogP contribution in [0.5, 0.6) is 17.2 Å². The van der Waals surface area contributed by atoms with Gasteiger partial charge < -0.3 is 14.9 Å². The smallest absolute Gasteiger partial charge is 0.339 e. The number of ketones is 2. The van der Waals surface area contributed by atoms with E-state index in [1.54, 1.807) is 42.5 Å². The van der Waals surface area contributed by atoms with Gasteiger partial charge in [-0.05, 0) is 35.9 Å². The molecule has 0 fully saturated rings. The largest absolute Gasteiger partial charge is 0.507 e. The highest BCUT2D eigenvalue weighted by Crippen LogP contribution is 2.30. The third kappa shape index (κ3) is 4.22. The lowest BCUT2D eigenvalue weighted by molar-refractivity contribution is 0.0693. The van der Waals surface area contributed by atoms with Crippen LogP contribution in [0, 0.1) is 0 Å². The number of hydrogen-bond acceptors (Lipinski definition) is 5. The summed E-state index contributed by atoms with van der Waals surface area (Å²) >= 11 is 0. The maximum absolute atomic E-state index is 12.8. The third-order valence-electron chi connectivity index (χ3n) is 4.15. The lowest BCUT2D eigenvalue weighted by Crippen LogP contribution is -2.15. The van der Waals surface area contributed by atoms with Gasteiger partial charge >= 0.3 is 5.97 Å². The van der Waals surface area contributed by atoms with Crippen LogP contribution in [0.1, 0.15) is 36.6 Å². The Morgan fingerprint density at radius 1 is 0.862 bits per heavy atom. The van der Waals surface area contributed by atoms with Crippen LogP contribution < -0.4 is 4.74 Å². The van der Waals surface area contributed by atoms with Crippen molar-refractivity contribution in [3.63, 3.8) is 0 Å². The second kappa shape index (κ2) is 8.22. The second-order valence-electron chi connectivity index (χ2n) is 6.07. The molecule has 29 heavy (non-hydrogen) atoms. The van der Waals surface area contributed by atoms with Gasteiger partial charge in [0, 0.05) is 11.6 Å². The van der Waals surface area contributed by atoms with E-state index in [4.69, 9.17) is 9.84 Å². The SMILES string of the molecule is C=Cc1cccc(C(=O)C(=O)c2ccccc2Oc2ccc(C(=O)O)c(O)c2)c1. The van der Waals surface area contributed by atoms with Gasteiger partial charge in [0.2, 0.25) is 11.6 Å². The number of Topliss-reactive ketones (excluding diaryl/α,β-unsaturated/α-hetero) is 2. The molecule has 0 heterocycles. The lowest BCUT2D eigenvalue weighted by atomic mass is 9.99. The van der Waals surface area contributed by atoms with Crippen molar-refractivity contribution in [1.82, 2.24) is 0 Å². The molecule has 6 heteroatoms. The zero-order valence-corrected chi connectivity index (χ0v) is 15.2. The number of rotatable bonds is 7. The summed E-state index contributed by atoms with van der Waals surface area (Å²) in [6.45, 7) is 3.65. The van der Waals surface area contributed by atoms with Crippen molar-refractivity contribution in [1.29, 1.82) is 0 Å². The molecule has 0 atom stereocenters. The Kier molecular flexibility index (Phi) is 5.55. The summed E-state index contributed by atoms with van der Waals surface area (Å²) in [5.74, 6) is -2.99. The number of phenols is 1. The first kappa shape index (κ1) is 19.6. The zero-order valence-electron chi connectivity index (χ0n) is 15.2. The summed E-state index contributed by atoms with van der Waals surface area (Å²) in [4.78, 5) is 36.4. The molecule has 0 radical (unpaired) electrons. The van der Waals surface area contributed by atoms with Crippen LogP contribution in [0.3, 0.4) is 0 Å². The minimum atomic E-state index is -1.28. The first-order valence-electron chi connectivity index (χ1n) is 8.55. The monoisotopic (exact) mass is 388 g/mol. The molecular formula is C23H16O6. The molecule has 0 bridgehead atoms. The number of carboxylic acid groups (broad SMARTS) is 1. The fraction of sp³-hybridized carbons (Fsp3) is 0. The first-order valence-corrected chi connectivity index (χ1v) is 8.55. The number of ether oxygens (including phenoxy) is 1. The number of aromatic carboxylic acids is 1. The van der Waals surface area contributed by atoms with Gasteiger partial charge in [0.05, 0.1) is 5.56 Å². The highest BCUT2D eigenvalue weighted by Gasteiger charge is 2.22. The first-order chi connectivity index (χ1) is 13.9. The molecule has 0 amide bonds. The predicted octanol–water partition coefficient (Wildman–Crippen LogP) is 4.59. The number of para-hydroxylation sites is 1. The minimum absolute atomic E-state index is 0.0447. The van der Waals surface area contributed by atoms with Gasteiger partial charge in [-0.25, -0.2) is 4.79 Å². The van der Waals surface area contributed by atoms with Crippen LogP contribution in [0.25, 0.3) is 6.08 Å². The van der Waals surface area contributed by atoms with Crippen LogP contribution in [0.2, 0.25) is 0 Å². The highest BCUT2D eigenvalue weighted by atomic mass is 16.5. The summed E-state index contributed by atoms with van der Waals surface area (Å²) in [7, 11) is 0. The van der Waals surface area contributed by atoms with Crippen LogP contribution in [-0.4, -0.2) is 27.7 Å². The second-order valence-corrected chi connectivity index (χ2v) is 6.07. The Balaban J connectivity index is 1.91. The fourth-order valence-electron chi connectivity index (χ4n) is 2.69. The Morgan fingerprint density at radius 2 is 1.62 bits per heavy atom. The molecule has 144 valence electrons. The molecule has 0 saturated carbocycles. The standard InChI is InChI=1S/C23H16O6/c1-2-14-6-5-7-15(12-14)21(25)22(26)18-8-3-4-9-20(18)29-16-10-11-17(23(27)28)19(24)13-16/h2-13,24H,1H2,(H,27,28). The minimum Gasteiger partial charge on any atom is -0.507 e. The molecule has 0 aliphatic rings. The number of carbonyl (C=O) groups is 3. The van der Waals surface area contributed by atoms with Crippen molar-refractivity contribution >= 4 is 23.6 Å². The van der Waals surface area contributed by atoms with Gasteiger partial charge in [-0.3, -0.25) is 9.59 Å². The van der Waals surface area contributed by atoms with E-state index in [0.29, 0.717) is 5.56 Å². The van der Waals surface area contributed by atoms with Crippen molar-refractivity contribution < 1.29 is 29.3 Å². The number of carbonyl (C=O) groups excluding carboxylic acids is 2. The molecule has 0 spiro atoms. The van der Waals surface area contributed by atoms with Crippen molar-refractivity contribution in [2.24, 2.45) is 0 Å². The molecule has 3 aromatic carbocycles. The van der Waals surface area contributed by atoms with Gasteiger partial charge in [0.15, 0.2) is 0 Å².